The molecular weight excluding hydrogens is 200 g/mol. The lowest BCUT2D eigenvalue weighted by Crippen LogP contribution is -2.18. The third-order valence-corrected chi connectivity index (χ3v) is 3.97. The highest BCUT2D eigenvalue weighted by Gasteiger charge is 2.11. The number of carboxylic acid groups (broad SMARTS) is 1. The Morgan fingerprint density at radius 1 is 1.43 bits per heavy atom. The molecule has 0 fully saturated rings. The SMILES string of the molecule is CC=C(CCC[SiH](OC)OC)C(=O)O. The first-order valence-corrected chi connectivity index (χ1v) is 6.35. The summed E-state index contributed by atoms with van der Waals surface area (Å²) in [5.74, 6) is -0.833. The second-order valence-electron chi connectivity index (χ2n) is 2.91. The first-order valence-electron chi connectivity index (χ1n) is 4.59. The molecule has 0 heterocycles. The van der Waals surface area contributed by atoms with Crippen molar-refractivity contribution in [1.82, 2.24) is 0 Å². The second kappa shape index (κ2) is 7.72. The number of rotatable bonds is 7. The summed E-state index contributed by atoms with van der Waals surface area (Å²) < 4.78 is 10.3. The highest BCUT2D eigenvalue weighted by atomic mass is 28.3. The van der Waals surface area contributed by atoms with Gasteiger partial charge < -0.3 is 14.0 Å². The van der Waals surface area contributed by atoms with Gasteiger partial charge in [0.1, 0.15) is 0 Å². The minimum atomic E-state index is -1.51. The van der Waals surface area contributed by atoms with Crippen LogP contribution >= 0.6 is 0 Å². The first kappa shape index (κ1) is 13.3. The Labute approximate surface area is 86.4 Å². The molecule has 82 valence electrons. The van der Waals surface area contributed by atoms with Gasteiger partial charge in [-0.05, 0) is 25.8 Å². The van der Waals surface area contributed by atoms with Crippen LogP contribution in [-0.2, 0) is 13.6 Å². The molecule has 0 unspecified atom stereocenters. The van der Waals surface area contributed by atoms with Crippen LogP contribution in [0.15, 0.2) is 11.6 Å². The number of aliphatic carboxylic acids is 1. The average molecular weight is 218 g/mol. The van der Waals surface area contributed by atoms with E-state index in [2.05, 4.69) is 0 Å². The second-order valence-corrected chi connectivity index (χ2v) is 5.29. The zero-order valence-corrected chi connectivity index (χ0v) is 10.1. The van der Waals surface area contributed by atoms with Crippen LogP contribution in [0.1, 0.15) is 19.8 Å². The van der Waals surface area contributed by atoms with Crippen LogP contribution in [0.4, 0.5) is 0 Å². The molecule has 0 aliphatic rings. The smallest absolute Gasteiger partial charge is 0.331 e. The van der Waals surface area contributed by atoms with Crippen molar-refractivity contribution in [3.63, 3.8) is 0 Å². The molecular formula is C9H18O4Si. The lowest BCUT2D eigenvalue weighted by molar-refractivity contribution is -0.132. The van der Waals surface area contributed by atoms with Gasteiger partial charge in [0.25, 0.3) is 0 Å². The van der Waals surface area contributed by atoms with Gasteiger partial charge in [-0.1, -0.05) is 6.08 Å². The Kier molecular flexibility index (Phi) is 7.36. The molecule has 0 rings (SSSR count). The van der Waals surface area contributed by atoms with E-state index in [9.17, 15) is 4.79 Å². The molecule has 5 heteroatoms. The maximum atomic E-state index is 10.6. The molecule has 0 saturated heterocycles. The van der Waals surface area contributed by atoms with E-state index in [0.717, 1.165) is 12.5 Å². The summed E-state index contributed by atoms with van der Waals surface area (Å²) in [5, 5.41) is 8.73. The zero-order valence-electron chi connectivity index (χ0n) is 8.95. The molecule has 14 heavy (non-hydrogen) atoms. The Morgan fingerprint density at radius 3 is 2.36 bits per heavy atom. The molecule has 0 bridgehead atoms. The number of carboxylic acids is 1. The monoisotopic (exact) mass is 218 g/mol. The third kappa shape index (κ3) is 5.16. The predicted octanol–water partition coefficient (Wildman–Crippen LogP) is 1.31. The molecule has 0 spiro atoms. The van der Waals surface area contributed by atoms with Gasteiger partial charge in [-0.2, -0.15) is 0 Å². The number of hydrogen-bond acceptors (Lipinski definition) is 3. The molecule has 0 amide bonds. The van der Waals surface area contributed by atoms with Gasteiger partial charge in [0.2, 0.25) is 0 Å². The predicted molar refractivity (Wildman–Crippen MR) is 56.6 cm³/mol. The molecule has 0 aliphatic carbocycles. The Hall–Kier alpha value is -0.653. The van der Waals surface area contributed by atoms with Crippen molar-refractivity contribution < 1.29 is 18.8 Å². The van der Waals surface area contributed by atoms with E-state index < -0.39 is 15.3 Å². The summed E-state index contributed by atoms with van der Waals surface area (Å²) in [4.78, 5) is 10.6. The summed E-state index contributed by atoms with van der Waals surface area (Å²) >= 11 is 0. The van der Waals surface area contributed by atoms with E-state index in [1.165, 1.54) is 0 Å². The van der Waals surface area contributed by atoms with Crippen molar-refractivity contribution in [1.29, 1.82) is 0 Å². The van der Waals surface area contributed by atoms with Crippen molar-refractivity contribution >= 4 is 15.3 Å². The molecule has 0 atom stereocenters. The standard InChI is InChI=1S/C9H18O4Si/c1-4-8(9(10)11)6-5-7-14(12-2)13-3/h4,14H,5-7H2,1-3H3,(H,10,11). The lowest BCUT2D eigenvalue weighted by Gasteiger charge is -2.10. The molecule has 0 aliphatic heterocycles. The molecule has 0 aromatic carbocycles. The van der Waals surface area contributed by atoms with E-state index in [4.69, 9.17) is 14.0 Å². The number of carbonyl (C=O) groups is 1. The first-order chi connectivity index (χ1) is 6.65. The molecule has 0 saturated carbocycles. The van der Waals surface area contributed by atoms with Crippen molar-refractivity contribution in [3.05, 3.63) is 11.6 Å². The fourth-order valence-corrected chi connectivity index (χ4v) is 2.37. The molecule has 4 nitrogen and oxygen atoms in total. The van der Waals surface area contributed by atoms with Crippen LogP contribution in [0.3, 0.4) is 0 Å². The largest absolute Gasteiger partial charge is 0.478 e. The van der Waals surface area contributed by atoms with Crippen LogP contribution in [0, 0.1) is 0 Å². The van der Waals surface area contributed by atoms with Crippen LogP contribution in [0.25, 0.3) is 0 Å². The Balaban J connectivity index is 3.77. The van der Waals surface area contributed by atoms with E-state index in [1.54, 1.807) is 27.2 Å². The maximum Gasteiger partial charge on any atom is 0.331 e. The Bertz CT molecular complexity index is 199. The quantitative estimate of drug-likeness (QED) is 0.517. The van der Waals surface area contributed by atoms with E-state index in [1.807, 2.05) is 0 Å². The normalized spacial score (nSPS) is 12.1. The molecule has 0 radical (unpaired) electrons. The maximum absolute atomic E-state index is 10.6. The van der Waals surface area contributed by atoms with Gasteiger partial charge in [-0.25, -0.2) is 4.79 Å². The van der Waals surface area contributed by atoms with E-state index in [-0.39, 0.29) is 0 Å². The minimum Gasteiger partial charge on any atom is -0.478 e. The fourth-order valence-electron chi connectivity index (χ4n) is 1.17. The zero-order chi connectivity index (χ0) is 11.0. The van der Waals surface area contributed by atoms with Gasteiger partial charge >= 0.3 is 15.3 Å². The fraction of sp³-hybridized carbons (Fsp3) is 0.667. The number of hydrogen-bond donors (Lipinski definition) is 1. The van der Waals surface area contributed by atoms with Gasteiger partial charge in [-0.15, -0.1) is 0 Å². The summed E-state index contributed by atoms with van der Waals surface area (Å²) in [5.41, 5.74) is 0.463. The number of allylic oxidation sites excluding steroid dienone is 1. The topological polar surface area (TPSA) is 55.8 Å². The molecule has 0 aromatic rings. The van der Waals surface area contributed by atoms with E-state index >= 15 is 0 Å². The van der Waals surface area contributed by atoms with Crippen LogP contribution in [0.5, 0.6) is 0 Å². The molecule has 0 aromatic heterocycles. The Morgan fingerprint density at radius 2 is 2.00 bits per heavy atom. The summed E-state index contributed by atoms with van der Waals surface area (Å²) in [7, 11) is 1.75. The average Bonchev–Trinajstić information content (AvgIpc) is 2.18. The van der Waals surface area contributed by atoms with Crippen molar-refractivity contribution in [2.24, 2.45) is 0 Å². The van der Waals surface area contributed by atoms with Gasteiger partial charge in [-0.3, -0.25) is 0 Å². The van der Waals surface area contributed by atoms with Crippen LogP contribution in [-0.4, -0.2) is 34.6 Å². The summed E-state index contributed by atoms with van der Waals surface area (Å²) in [6.07, 6.45) is 3.03. The molecule has 1 N–H and O–H groups in total. The van der Waals surface area contributed by atoms with Gasteiger partial charge in [0.05, 0.1) is 0 Å². The third-order valence-electron chi connectivity index (χ3n) is 2.03. The van der Waals surface area contributed by atoms with Crippen molar-refractivity contribution in [3.8, 4) is 0 Å². The van der Waals surface area contributed by atoms with Gasteiger partial charge in [0.15, 0.2) is 0 Å². The highest BCUT2D eigenvalue weighted by Crippen LogP contribution is 2.10. The van der Waals surface area contributed by atoms with Crippen LogP contribution in [0.2, 0.25) is 6.04 Å². The summed E-state index contributed by atoms with van der Waals surface area (Å²) in [6.45, 7) is 1.74. The van der Waals surface area contributed by atoms with Gasteiger partial charge in [0, 0.05) is 19.8 Å². The van der Waals surface area contributed by atoms with Crippen LogP contribution < -0.4 is 0 Å². The highest BCUT2D eigenvalue weighted by molar-refractivity contribution is 6.44. The van der Waals surface area contributed by atoms with Crippen molar-refractivity contribution in [2.45, 2.75) is 25.8 Å². The lowest BCUT2D eigenvalue weighted by atomic mass is 10.1. The summed E-state index contributed by atoms with van der Waals surface area (Å²) in [6, 6.07) is 0.845. The minimum absolute atomic E-state index is 0.463. The van der Waals surface area contributed by atoms with E-state index in [0.29, 0.717) is 12.0 Å². The van der Waals surface area contributed by atoms with Crippen molar-refractivity contribution in [2.75, 3.05) is 14.2 Å².